The first-order valence-corrected chi connectivity index (χ1v) is 4.40. The molecule has 0 aromatic rings. The van der Waals surface area contributed by atoms with E-state index in [4.69, 9.17) is 4.84 Å². The van der Waals surface area contributed by atoms with Gasteiger partial charge in [0.2, 0.25) is 0 Å². The lowest BCUT2D eigenvalue weighted by Gasteiger charge is -2.02. The highest BCUT2D eigenvalue weighted by Crippen LogP contribution is 2.05. The summed E-state index contributed by atoms with van der Waals surface area (Å²) in [6.07, 6.45) is 15.3. The van der Waals surface area contributed by atoms with Crippen molar-refractivity contribution in [2.45, 2.75) is 6.42 Å². The van der Waals surface area contributed by atoms with Crippen molar-refractivity contribution in [1.82, 2.24) is 5.48 Å². The molecule has 0 spiro atoms. The molecular weight excluding hydrogens is 162 g/mol. The maximum atomic E-state index is 4.76. The predicted octanol–water partition coefficient (Wildman–Crippen LogP) is 2.14. The Morgan fingerprint density at radius 3 is 2.77 bits per heavy atom. The monoisotopic (exact) mass is 177 g/mol. The molecule has 0 saturated heterocycles. The van der Waals surface area contributed by atoms with Crippen molar-refractivity contribution in [3.05, 3.63) is 48.1 Å². The fourth-order valence-corrected chi connectivity index (χ4v) is 1.07. The van der Waals surface area contributed by atoms with Crippen LogP contribution in [0, 0.1) is 0 Å². The summed E-state index contributed by atoms with van der Waals surface area (Å²) in [4.78, 5) is 4.76. The van der Waals surface area contributed by atoms with Crippen LogP contribution in [-0.2, 0) is 4.84 Å². The summed E-state index contributed by atoms with van der Waals surface area (Å²) in [6, 6.07) is 0. The Hall–Kier alpha value is -1.12. The molecule has 0 aromatic carbocycles. The molecule has 1 rings (SSSR count). The maximum absolute atomic E-state index is 4.76. The molecule has 0 aliphatic heterocycles. The summed E-state index contributed by atoms with van der Waals surface area (Å²) < 4.78 is 0. The van der Waals surface area contributed by atoms with Crippen LogP contribution in [0.5, 0.6) is 0 Å². The Morgan fingerprint density at radius 2 is 1.92 bits per heavy atom. The van der Waals surface area contributed by atoms with Gasteiger partial charge in [0.15, 0.2) is 0 Å². The van der Waals surface area contributed by atoms with Gasteiger partial charge in [-0.1, -0.05) is 42.5 Å². The fraction of sp³-hybridized carbons (Fsp3) is 0.273. The van der Waals surface area contributed by atoms with Crippen LogP contribution >= 0.6 is 0 Å². The molecule has 0 bridgehead atoms. The second-order valence-electron chi connectivity index (χ2n) is 2.72. The van der Waals surface area contributed by atoms with E-state index in [9.17, 15) is 0 Å². The van der Waals surface area contributed by atoms with Crippen LogP contribution in [-0.4, -0.2) is 13.7 Å². The van der Waals surface area contributed by atoms with E-state index in [1.165, 1.54) is 5.57 Å². The van der Waals surface area contributed by atoms with E-state index in [0.717, 1.165) is 13.0 Å². The molecule has 1 aliphatic rings. The van der Waals surface area contributed by atoms with E-state index >= 15 is 0 Å². The van der Waals surface area contributed by atoms with Crippen molar-refractivity contribution in [2.75, 3.05) is 13.7 Å². The number of allylic oxidation sites excluding steroid dienone is 7. The molecule has 1 aliphatic carbocycles. The van der Waals surface area contributed by atoms with Crippen molar-refractivity contribution < 1.29 is 4.84 Å². The van der Waals surface area contributed by atoms with Gasteiger partial charge in [-0.3, -0.25) is 0 Å². The van der Waals surface area contributed by atoms with Gasteiger partial charge in [-0.15, -0.1) is 0 Å². The third-order valence-corrected chi connectivity index (χ3v) is 1.73. The molecule has 0 radical (unpaired) electrons. The highest BCUT2D eigenvalue weighted by Gasteiger charge is 1.91. The van der Waals surface area contributed by atoms with Crippen molar-refractivity contribution >= 4 is 0 Å². The molecule has 0 unspecified atom stereocenters. The Morgan fingerprint density at radius 1 is 1.15 bits per heavy atom. The standard InChI is InChI=1S/C11H15NO/c1-13-12-10-9-11-7-5-3-2-4-6-8-11/h2-8,12H,9-10H2,1H3/b3-2+,4-2?,5-3?,6-4+,7-5-,8-6?,11-7?,11-8+. The van der Waals surface area contributed by atoms with Gasteiger partial charge < -0.3 is 4.84 Å². The summed E-state index contributed by atoms with van der Waals surface area (Å²) in [6.45, 7) is 0.838. The van der Waals surface area contributed by atoms with Crippen LogP contribution in [0.1, 0.15) is 6.42 Å². The van der Waals surface area contributed by atoms with Gasteiger partial charge in [0.1, 0.15) is 0 Å². The maximum Gasteiger partial charge on any atom is 0.0572 e. The number of hydroxylamine groups is 1. The highest BCUT2D eigenvalue weighted by atomic mass is 16.6. The minimum absolute atomic E-state index is 0.838. The van der Waals surface area contributed by atoms with Gasteiger partial charge >= 0.3 is 0 Å². The Bertz CT molecular complexity index is 249. The first-order valence-electron chi connectivity index (χ1n) is 4.40. The lowest BCUT2D eigenvalue weighted by atomic mass is 10.1. The third kappa shape index (κ3) is 4.45. The zero-order chi connectivity index (χ0) is 9.36. The average molecular weight is 177 g/mol. The van der Waals surface area contributed by atoms with E-state index in [1.807, 2.05) is 30.4 Å². The van der Waals surface area contributed by atoms with Gasteiger partial charge in [-0.05, 0) is 12.0 Å². The Labute approximate surface area is 79.2 Å². The first-order chi connectivity index (χ1) is 6.43. The third-order valence-electron chi connectivity index (χ3n) is 1.73. The molecule has 0 atom stereocenters. The van der Waals surface area contributed by atoms with Gasteiger partial charge in [-0.25, -0.2) is 5.48 Å². The lowest BCUT2D eigenvalue weighted by Crippen LogP contribution is -2.13. The molecule has 13 heavy (non-hydrogen) atoms. The second kappa shape index (κ2) is 6.40. The van der Waals surface area contributed by atoms with Crippen LogP contribution in [0.4, 0.5) is 0 Å². The molecule has 1 N–H and O–H groups in total. The number of hydrogen-bond donors (Lipinski definition) is 1. The van der Waals surface area contributed by atoms with Crippen LogP contribution in [0.25, 0.3) is 0 Å². The van der Waals surface area contributed by atoms with Crippen LogP contribution in [0.15, 0.2) is 48.1 Å². The zero-order valence-electron chi connectivity index (χ0n) is 7.86. The zero-order valence-corrected chi connectivity index (χ0v) is 7.86. The van der Waals surface area contributed by atoms with Crippen molar-refractivity contribution in [2.24, 2.45) is 0 Å². The molecule has 2 nitrogen and oxygen atoms in total. The summed E-state index contributed by atoms with van der Waals surface area (Å²) >= 11 is 0. The average Bonchev–Trinajstić information content (AvgIpc) is 2.08. The van der Waals surface area contributed by atoms with Gasteiger partial charge in [0.05, 0.1) is 7.11 Å². The SMILES string of the molecule is CONCCC1=C/C=C/C=C/C=C\1. The van der Waals surface area contributed by atoms with Crippen LogP contribution in [0.2, 0.25) is 0 Å². The smallest absolute Gasteiger partial charge is 0.0572 e. The summed E-state index contributed by atoms with van der Waals surface area (Å²) in [5.41, 5.74) is 4.11. The predicted molar refractivity (Wildman–Crippen MR) is 55.1 cm³/mol. The minimum Gasteiger partial charge on any atom is -0.305 e. The highest BCUT2D eigenvalue weighted by molar-refractivity contribution is 5.30. The normalized spacial score (nSPS) is 26.7. The largest absolute Gasteiger partial charge is 0.305 e. The molecule has 0 saturated carbocycles. The lowest BCUT2D eigenvalue weighted by molar-refractivity contribution is 0.0929. The molecule has 2 heteroatoms. The summed E-state index contributed by atoms with van der Waals surface area (Å²) in [5, 5.41) is 0. The molecular formula is C11H15NO. The van der Waals surface area contributed by atoms with Gasteiger partial charge in [0.25, 0.3) is 0 Å². The van der Waals surface area contributed by atoms with Crippen molar-refractivity contribution in [3.8, 4) is 0 Å². The van der Waals surface area contributed by atoms with E-state index in [1.54, 1.807) is 7.11 Å². The van der Waals surface area contributed by atoms with Gasteiger partial charge in [0, 0.05) is 6.54 Å². The van der Waals surface area contributed by atoms with E-state index in [-0.39, 0.29) is 0 Å². The van der Waals surface area contributed by atoms with Gasteiger partial charge in [-0.2, -0.15) is 0 Å². The van der Waals surface area contributed by atoms with E-state index in [0.29, 0.717) is 0 Å². The quantitative estimate of drug-likeness (QED) is 0.524. The molecule has 0 amide bonds. The van der Waals surface area contributed by atoms with E-state index in [2.05, 4.69) is 17.6 Å². The van der Waals surface area contributed by atoms with Crippen molar-refractivity contribution in [1.29, 1.82) is 0 Å². The Balaban J connectivity index is 2.39. The fourth-order valence-electron chi connectivity index (χ4n) is 1.07. The summed E-state index contributed by atoms with van der Waals surface area (Å²) in [7, 11) is 1.63. The molecule has 0 fully saturated rings. The second-order valence-corrected chi connectivity index (χ2v) is 2.72. The molecule has 0 heterocycles. The van der Waals surface area contributed by atoms with Crippen LogP contribution in [0.3, 0.4) is 0 Å². The number of rotatable bonds is 4. The van der Waals surface area contributed by atoms with Crippen molar-refractivity contribution in [3.63, 3.8) is 0 Å². The van der Waals surface area contributed by atoms with E-state index < -0.39 is 0 Å². The number of nitrogens with one attached hydrogen (secondary N) is 1. The molecule has 0 aromatic heterocycles. The number of hydrogen-bond acceptors (Lipinski definition) is 2. The minimum atomic E-state index is 0.838. The Kier molecular flexibility index (Phi) is 4.91. The van der Waals surface area contributed by atoms with Crippen LogP contribution < -0.4 is 5.48 Å². The topological polar surface area (TPSA) is 21.3 Å². The summed E-state index contributed by atoms with van der Waals surface area (Å²) in [5.74, 6) is 0. The first kappa shape index (κ1) is 9.96. The molecule has 70 valence electrons.